The normalized spacial score (nSPS) is 10.8. The number of guanidine groups is 1. The standard InChI is InChI=1S/C18H16N8O4/c1-11-2-4-12(5-3-11)17-13(9-21-22-18(19)20)10-24(23-17)15-7-6-14(25(27)28)8-16(15)26(29)30/h2-10H,1H3,(H4,19,20,22)/b21-9+. The van der Waals surface area contributed by atoms with Crippen LogP contribution in [0.3, 0.4) is 0 Å². The van der Waals surface area contributed by atoms with E-state index in [9.17, 15) is 20.2 Å². The fourth-order valence-electron chi connectivity index (χ4n) is 2.66. The summed E-state index contributed by atoms with van der Waals surface area (Å²) in [4.78, 5) is 21.1. The molecule has 12 heteroatoms. The van der Waals surface area contributed by atoms with Gasteiger partial charge in [0.25, 0.3) is 5.69 Å². The summed E-state index contributed by atoms with van der Waals surface area (Å²) in [7, 11) is 0. The van der Waals surface area contributed by atoms with Gasteiger partial charge in [0.05, 0.1) is 22.1 Å². The van der Waals surface area contributed by atoms with Crippen LogP contribution in [0.4, 0.5) is 11.4 Å². The van der Waals surface area contributed by atoms with Crippen LogP contribution in [0, 0.1) is 27.2 Å². The molecule has 0 atom stereocenters. The molecule has 3 aromatic rings. The molecule has 1 aromatic heterocycles. The van der Waals surface area contributed by atoms with Crippen LogP contribution < -0.4 is 11.5 Å². The lowest BCUT2D eigenvalue weighted by Gasteiger charge is -2.03. The number of benzene rings is 2. The number of nitro benzene ring substituents is 2. The Morgan fingerprint density at radius 1 is 1.10 bits per heavy atom. The van der Waals surface area contributed by atoms with Crippen molar-refractivity contribution < 1.29 is 9.85 Å². The first-order valence-corrected chi connectivity index (χ1v) is 8.48. The SMILES string of the molecule is Cc1ccc(-c2nn(-c3ccc([N+](=O)[O-])cc3[N+](=O)[O-])cc2/C=N/N=C(N)N)cc1. The Morgan fingerprint density at radius 2 is 1.80 bits per heavy atom. The average molecular weight is 408 g/mol. The van der Waals surface area contributed by atoms with E-state index in [0.29, 0.717) is 11.3 Å². The molecule has 1 heterocycles. The van der Waals surface area contributed by atoms with Crippen molar-refractivity contribution in [1.82, 2.24) is 9.78 Å². The van der Waals surface area contributed by atoms with Gasteiger partial charge in [-0.05, 0) is 13.0 Å². The Morgan fingerprint density at radius 3 is 2.40 bits per heavy atom. The number of aryl methyl sites for hydroxylation is 1. The van der Waals surface area contributed by atoms with Gasteiger partial charge in [0.15, 0.2) is 0 Å². The van der Waals surface area contributed by atoms with Gasteiger partial charge in [-0.2, -0.15) is 10.2 Å². The van der Waals surface area contributed by atoms with Crippen LogP contribution in [0.2, 0.25) is 0 Å². The van der Waals surface area contributed by atoms with E-state index in [4.69, 9.17) is 11.5 Å². The van der Waals surface area contributed by atoms with Crippen molar-refractivity contribution >= 4 is 23.5 Å². The monoisotopic (exact) mass is 408 g/mol. The summed E-state index contributed by atoms with van der Waals surface area (Å²) in [6.07, 6.45) is 2.85. The molecule has 0 saturated heterocycles. The van der Waals surface area contributed by atoms with Crippen molar-refractivity contribution in [2.45, 2.75) is 6.92 Å². The highest BCUT2D eigenvalue weighted by Crippen LogP contribution is 2.30. The largest absolute Gasteiger partial charge is 0.369 e. The third-order valence-electron chi connectivity index (χ3n) is 4.05. The molecule has 4 N–H and O–H groups in total. The van der Waals surface area contributed by atoms with Crippen LogP contribution in [0.15, 0.2) is 58.9 Å². The smallest absolute Gasteiger partial charge is 0.301 e. The number of nitrogens with zero attached hydrogens (tertiary/aromatic N) is 6. The van der Waals surface area contributed by atoms with Gasteiger partial charge in [-0.25, -0.2) is 4.68 Å². The lowest BCUT2D eigenvalue weighted by atomic mass is 10.1. The lowest BCUT2D eigenvalue weighted by molar-refractivity contribution is -0.394. The van der Waals surface area contributed by atoms with Crippen LogP contribution in [0.1, 0.15) is 11.1 Å². The Kier molecular flexibility index (Phi) is 5.49. The number of non-ortho nitro benzene ring substituents is 1. The number of rotatable bonds is 6. The van der Waals surface area contributed by atoms with Gasteiger partial charge in [-0.3, -0.25) is 20.2 Å². The van der Waals surface area contributed by atoms with Crippen molar-refractivity contribution in [2.24, 2.45) is 21.7 Å². The zero-order valence-corrected chi connectivity index (χ0v) is 15.7. The minimum absolute atomic E-state index is 0.0560. The third-order valence-corrected chi connectivity index (χ3v) is 4.05. The van der Waals surface area contributed by atoms with Crippen molar-refractivity contribution in [3.05, 3.63) is 80.0 Å². The predicted octanol–water partition coefficient (Wildman–Crippen LogP) is 2.27. The molecular formula is C18H16N8O4. The van der Waals surface area contributed by atoms with Crippen LogP contribution >= 0.6 is 0 Å². The second-order valence-electron chi connectivity index (χ2n) is 6.20. The number of nitrogens with two attached hydrogens (primary N) is 2. The van der Waals surface area contributed by atoms with Crippen LogP contribution in [0.25, 0.3) is 16.9 Å². The average Bonchev–Trinajstić information content (AvgIpc) is 3.11. The predicted molar refractivity (Wildman–Crippen MR) is 110 cm³/mol. The molecular weight excluding hydrogens is 392 g/mol. The molecule has 0 amide bonds. The number of nitro groups is 2. The van der Waals surface area contributed by atoms with E-state index in [1.807, 2.05) is 31.2 Å². The number of hydrogen-bond donors (Lipinski definition) is 2. The van der Waals surface area contributed by atoms with E-state index in [2.05, 4.69) is 15.3 Å². The first-order chi connectivity index (χ1) is 14.3. The molecule has 0 aliphatic heterocycles. The van der Waals surface area contributed by atoms with E-state index in [1.54, 1.807) is 0 Å². The van der Waals surface area contributed by atoms with Gasteiger partial charge in [0.2, 0.25) is 5.96 Å². The molecule has 0 aliphatic rings. The molecule has 0 saturated carbocycles. The highest BCUT2D eigenvalue weighted by Gasteiger charge is 2.22. The molecule has 0 radical (unpaired) electrons. The van der Waals surface area contributed by atoms with E-state index < -0.39 is 21.2 Å². The van der Waals surface area contributed by atoms with Crippen molar-refractivity contribution in [1.29, 1.82) is 0 Å². The quantitative estimate of drug-likeness (QED) is 0.271. The maximum Gasteiger partial charge on any atom is 0.301 e. The maximum atomic E-state index is 11.5. The fraction of sp³-hybridized carbons (Fsp3) is 0.0556. The molecule has 0 spiro atoms. The van der Waals surface area contributed by atoms with Gasteiger partial charge in [0.1, 0.15) is 11.4 Å². The maximum absolute atomic E-state index is 11.5. The summed E-state index contributed by atoms with van der Waals surface area (Å²) in [5.74, 6) is -0.235. The van der Waals surface area contributed by atoms with Crippen LogP contribution in [-0.4, -0.2) is 31.8 Å². The number of aromatic nitrogens is 2. The molecule has 2 aromatic carbocycles. The molecule has 0 unspecified atom stereocenters. The molecule has 0 bridgehead atoms. The molecule has 3 rings (SSSR count). The van der Waals surface area contributed by atoms with E-state index >= 15 is 0 Å². The van der Waals surface area contributed by atoms with Crippen molar-refractivity contribution in [3.8, 4) is 16.9 Å². The first-order valence-electron chi connectivity index (χ1n) is 8.48. The zero-order valence-electron chi connectivity index (χ0n) is 15.7. The van der Waals surface area contributed by atoms with Crippen molar-refractivity contribution in [2.75, 3.05) is 0 Å². The lowest BCUT2D eigenvalue weighted by Crippen LogP contribution is -2.21. The summed E-state index contributed by atoms with van der Waals surface area (Å²) >= 11 is 0. The summed E-state index contributed by atoms with van der Waals surface area (Å²) in [5.41, 5.74) is 12.5. The highest BCUT2D eigenvalue weighted by molar-refractivity contribution is 5.89. The van der Waals surface area contributed by atoms with Crippen molar-refractivity contribution in [3.63, 3.8) is 0 Å². The first kappa shape index (κ1) is 20.1. The van der Waals surface area contributed by atoms with E-state index in [-0.39, 0.29) is 11.6 Å². The second-order valence-corrected chi connectivity index (χ2v) is 6.20. The number of hydrogen-bond acceptors (Lipinski definition) is 7. The summed E-state index contributed by atoms with van der Waals surface area (Å²) < 4.78 is 1.26. The van der Waals surface area contributed by atoms with Gasteiger partial charge in [0, 0.05) is 23.4 Å². The summed E-state index contributed by atoms with van der Waals surface area (Å²) in [6, 6.07) is 10.8. The second kappa shape index (κ2) is 8.18. The Labute approximate surface area is 169 Å². The van der Waals surface area contributed by atoms with E-state index in [0.717, 1.165) is 17.2 Å². The van der Waals surface area contributed by atoms with Gasteiger partial charge in [-0.1, -0.05) is 29.8 Å². The molecule has 0 aliphatic carbocycles. The Bertz CT molecular complexity index is 1180. The minimum Gasteiger partial charge on any atom is -0.369 e. The third kappa shape index (κ3) is 4.27. The zero-order chi connectivity index (χ0) is 21.8. The van der Waals surface area contributed by atoms with E-state index in [1.165, 1.54) is 29.2 Å². The fourth-order valence-corrected chi connectivity index (χ4v) is 2.66. The summed E-state index contributed by atoms with van der Waals surface area (Å²) in [5, 5.41) is 34.2. The van der Waals surface area contributed by atoms with Crippen LogP contribution in [0.5, 0.6) is 0 Å². The highest BCUT2D eigenvalue weighted by atomic mass is 16.6. The van der Waals surface area contributed by atoms with Crippen LogP contribution in [-0.2, 0) is 0 Å². The minimum atomic E-state index is -0.706. The molecule has 0 fully saturated rings. The molecule has 12 nitrogen and oxygen atoms in total. The molecule has 30 heavy (non-hydrogen) atoms. The summed E-state index contributed by atoms with van der Waals surface area (Å²) in [6.45, 7) is 1.93. The van der Waals surface area contributed by atoms with Gasteiger partial charge >= 0.3 is 5.69 Å². The van der Waals surface area contributed by atoms with Gasteiger partial charge in [-0.15, -0.1) is 5.10 Å². The Hall–Kier alpha value is -4.61. The Balaban J connectivity index is 2.18. The molecule has 152 valence electrons. The van der Waals surface area contributed by atoms with Gasteiger partial charge < -0.3 is 11.5 Å². The topological polar surface area (TPSA) is 181 Å².